The molecule has 1 N–H and O–H groups in total. The zero-order valence-electron chi connectivity index (χ0n) is 22.0. The number of sulfone groups is 1. The first-order valence-electron chi connectivity index (χ1n) is 12.8. The van der Waals surface area contributed by atoms with Gasteiger partial charge in [-0.2, -0.15) is 4.98 Å². The van der Waals surface area contributed by atoms with Crippen LogP contribution in [0.5, 0.6) is 11.6 Å². The van der Waals surface area contributed by atoms with E-state index in [0.29, 0.717) is 32.0 Å². The lowest BCUT2D eigenvalue weighted by atomic mass is 9.92. The Bertz CT molecular complexity index is 1410. The van der Waals surface area contributed by atoms with Crippen molar-refractivity contribution in [3.05, 3.63) is 48.3 Å². The van der Waals surface area contributed by atoms with Crippen LogP contribution in [0.15, 0.2) is 41.8 Å². The number of aromatic nitrogens is 4. The first-order chi connectivity index (χ1) is 18.8. The Morgan fingerprint density at radius 2 is 1.85 bits per heavy atom. The lowest BCUT2D eigenvalue weighted by Gasteiger charge is -2.48. The van der Waals surface area contributed by atoms with Gasteiger partial charge in [0.2, 0.25) is 11.7 Å². The van der Waals surface area contributed by atoms with Crippen LogP contribution in [0.3, 0.4) is 0 Å². The second-order valence-corrected chi connectivity index (χ2v) is 11.7. The molecule has 2 aliphatic heterocycles. The van der Waals surface area contributed by atoms with Crippen molar-refractivity contribution in [1.29, 1.82) is 0 Å². The number of morpholine rings is 1. The predicted octanol–water partition coefficient (Wildman–Crippen LogP) is 3.33. The number of aryl methyl sites for hydroxylation is 1. The number of nitrogens with zero attached hydrogens (tertiary/aromatic N) is 5. The third-order valence-electron chi connectivity index (χ3n) is 6.81. The molecule has 13 heteroatoms. The number of hydrogen-bond acceptors (Lipinski definition) is 11. The second kappa shape index (κ2) is 11.3. The quantitative estimate of drug-likeness (QED) is 0.415. The van der Waals surface area contributed by atoms with Gasteiger partial charge in [-0.15, -0.1) is 0 Å². The second-order valence-electron chi connectivity index (χ2n) is 9.70. The highest BCUT2D eigenvalue weighted by Gasteiger charge is 2.41. The van der Waals surface area contributed by atoms with E-state index in [4.69, 9.17) is 14.2 Å². The highest BCUT2D eigenvalue weighted by Crippen LogP contribution is 2.38. The molecule has 0 spiro atoms. The molecule has 2 bridgehead atoms. The number of fused-ring (bicyclic) bond motifs is 2. The van der Waals surface area contributed by atoms with E-state index in [0.717, 1.165) is 30.7 Å². The Hall–Kier alpha value is -3.58. The van der Waals surface area contributed by atoms with Gasteiger partial charge in [-0.3, -0.25) is 0 Å². The van der Waals surface area contributed by atoms with Crippen molar-refractivity contribution in [2.24, 2.45) is 0 Å². The first kappa shape index (κ1) is 27.0. The topological polar surface area (TPSA) is 129 Å². The van der Waals surface area contributed by atoms with Gasteiger partial charge in [0, 0.05) is 31.5 Å². The highest BCUT2D eigenvalue weighted by molar-refractivity contribution is 7.90. The van der Waals surface area contributed by atoms with Crippen LogP contribution in [0.2, 0.25) is 0 Å². The van der Waals surface area contributed by atoms with Crippen molar-refractivity contribution in [3.8, 4) is 11.6 Å². The standard InChI is InChI=1S/C26H31FN6O5S/c1-4-5-16-11-28-26(29-12-16)33-17-8-19(9-18(33)14-37-13-17)38-25-23(36-2)24(30-15-31-25)32-22-7-6-20(10-21(22)27)39(3,34)35/h6-7,10-12,15,17-19H,4-5,8-9,13-14H2,1-3H3,(H,30,31,32)/t17-,18+,19-. The third kappa shape index (κ3) is 5.88. The SMILES string of the molecule is CCCc1cnc(N2[C@@H]3COC[C@H]2C[C@@H](Oc2ncnc(Nc4ccc(S(C)(=O)=O)cc4F)c2OC)C3)nc1. The third-order valence-corrected chi connectivity index (χ3v) is 7.92. The Balaban J connectivity index is 1.32. The number of anilines is 3. The van der Waals surface area contributed by atoms with Crippen LogP contribution in [-0.2, 0) is 21.0 Å². The normalized spacial score (nSPS) is 20.9. The van der Waals surface area contributed by atoms with Crippen molar-refractivity contribution in [2.75, 3.05) is 36.8 Å². The lowest BCUT2D eigenvalue weighted by molar-refractivity contribution is 0.00617. The fourth-order valence-electron chi connectivity index (χ4n) is 5.01. The molecule has 4 heterocycles. The Morgan fingerprint density at radius 1 is 1.13 bits per heavy atom. The Kier molecular flexibility index (Phi) is 7.80. The zero-order chi connectivity index (χ0) is 27.6. The highest BCUT2D eigenvalue weighted by atomic mass is 32.2. The van der Waals surface area contributed by atoms with Gasteiger partial charge in [-0.25, -0.2) is 27.8 Å². The van der Waals surface area contributed by atoms with Crippen LogP contribution >= 0.6 is 0 Å². The number of benzene rings is 1. The molecule has 3 atom stereocenters. The monoisotopic (exact) mass is 558 g/mol. The molecule has 0 radical (unpaired) electrons. The summed E-state index contributed by atoms with van der Waals surface area (Å²) in [4.78, 5) is 19.8. The average molecular weight is 559 g/mol. The minimum atomic E-state index is -3.54. The predicted molar refractivity (Wildman–Crippen MR) is 142 cm³/mol. The number of rotatable bonds is 9. The summed E-state index contributed by atoms with van der Waals surface area (Å²) >= 11 is 0. The molecule has 0 aliphatic carbocycles. The number of hydrogen-bond donors (Lipinski definition) is 1. The van der Waals surface area contributed by atoms with Crippen molar-refractivity contribution in [3.63, 3.8) is 0 Å². The minimum absolute atomic E-state index is 0.0346. The summed E-state index contributed by atoms with van der Waals surface area (Å²) < 4.78 is 55.8. The van der Waals surface area contributed by atoms with Crippen LogP contribution in [0, 0.1) is 5.82 Å². The summed E-state index contributed by atoms with van der Waals surface area (Å²) in [5.41, 5.74) is 1.16. The van der Waals surface area contributed by atoms with Gasteiger partial charge >= 0.3 is 0 Å². The molecule has 39 heavy (non-hydrogen) atoms. The molecule has 0 unspecified atom stereocenters. The van der Waals surface area contributed by atoms with E-state index in [1.165, 1.54) is 25.6 Å². The van der Waals surface area contributed by atoms with Gasteiger partial charge < -0.3 is 24.4 Å². The summed E-state index contributed by atoms with van der Waals surface area (Å²) in [6.45, 7) is 3.20. The average Bonchev–Trinajstić information content (AvgIpc) is 2.90. The number of halogens is 1. The summed E-state index contributed by atoms with van der Waals surface area (Å²) in [5.74, 6) is 0.575. The molecule has 208 valence electrons. The molecule has 0 amide bonds. The van der Waals surface area contributed by atoms with Gasteiger partial charge in [0.25, 0.3) is 5.88 Å². The van der Waals surface area contributed by atoms with Crippen molar-refractivity contribution < 1.29 is 27.0 Å². The Labute approximate surface area is 226 Å². The fraction of sp³-hybridized carbons (Fsp3) is 0.462. The molecule has 5 rings (SSSR count). The van der Waals surface area contributed by atoms with Crippen LogP contribution in [0.1, 0.15) is 31.7 Å². The maximum absolute atomic E-state index is 14.7. The van der Waals surface area contributed by atoms with E-state index in [1.54, 1.807) is 0 Å². The zero-order valence-corrected chi connectivity index (χ0v) is 22.8. The molecule has 0 saturated carbocycles. The van der Waals surface area contributed by atoms with Gasteiger partial charge in [-0.1, -0.05) is 13.3 Å². The van der Waals surface area contributed by atoms with Crippen LogP contribution in [0.25, 0.3) is 0 Å². The first-order valence-corrected chi connectivity index (χ1v) is 14.6. The van der Waals surface area contributed by atoms with E-state index >= 15 is 0 Å². The maximum Gasteiger partial charge on any atom is 0.262 e. The van der Waals surface area contributed by atoms with Gasteiger partial charge in [-0.05, 0) is 30.2 Å². The van der Waals surface area contributed by atoms with Gasteiger partial charge in [0.15, 0.2) is 15.7 Å². The molecule has 3 aromatic rings. The van der Waals surface area contributed by atoms with E-state index in [9.17, 15) is 12.8 Å². The fourth-order valence-corrected chi connectivity index (χ4v) is 5.65. The van der Waals surface area contributed by atoms with Gasteiger partial charge in [0.1, 0.15) is 18.2 Å². The lowest BCUT2D eigenvalue weighted by Crippen LogP contribution is -2.59. The maximum atomic E-state index is 14.7. The smallest absolute Gasteiger partial charge is 0.262 e. The molecule has 2 fully saturated rings. The van der Waals surface area contributed by atoms with Crippen LogP contribution in [-0.4, -0.2) is 73.1 Å². The largest absolute Gasteiger partial charge is 0.489 e. The summed E-state index contributed by atoms with van der Waals surface area (Å²) in [5, 5.41) is 2.86. The molecule has 2 aromatic heterocycles. The number of ether oxygens (including phenoxy) is 3. The summed E-state index contributed by atoms with van der Waals surface area (Å²) in [6.07, 6.45) is 9.23. The van der Waals surface area contributed by atoms with Crippen molar-refractivity contribution >= 4 is 27.3 Å². The van der Waals surface area contributed by atoms with Gasteiger partial charge in [0.05, 0.1) is 43.0 Å². The molecular weight excluding hydrogens is 527 g/mol. The number of nitrogens with one attached hydrogen (secondary N) is 1. The molecular formula is C26H31FN6O5S. The Morgan fingerprint density at radius 3 is 2.46 bits per heavy atom. The summed E-state index contributed by atoms with van der Waals surface area (Å²) in [7, 11) is -2.09. The van der Waals surface area contributed by atoms with Crippen molar-refractivity contribution in [1.82, 2.24) is 19.9 Å². The summed E-state index contributed by atoms with van der Waals surface area (Å²) in [6, 6.07) is 3.68. The van der Waals surface area contributed by atoms with Crippen LogP contribution < -0.4 is 19.7 Å². The van der Waals surface area contributed by atoms with E-state index < -0.39 is 15.7 Å². The molecule has 11 nitrogen and oxygen atoms in total. The number of methoxy groups -OCH3 is 1. The van der Waals surface area contributed by atoms with Crippen molar-refractivity contribution in [2.45, 2.75) is 55.7 Å². The molecule has 1 aromatic carbocycles. The van der Waals surface area contributed by atoms with E-state index in [1.807, 2.05) is 12.4 Å². The molecule has 2 saturated heterocycles. The minimum Gasteiger partial charge on any atom is -0.489 e. The van der Waals surface area contributed by atoms with Crippen LogP contribution in [0.4, 0.5) is 21.8 Å². The molecule has 2 aliphatic rings. The van der Waals surface area contributed by atoms with E-state index in [-0.39, 0.29) is 46.2 Å². The van der Waals surface area contributed by atoms with E-state index in [2.05, 4.69) is 37.1 Å². The number of piperidine rings is 1.